The fraction of sp³-hybridized carbons (Fsp3) is 0.217. The molecule has 0 unspecified atom stereocenters. The van der Waals surface area contributed by atoms with Crippen LogP contribution in [0.4, 0.5) is 5.69 Å². The Morgan fingerprint density at radius 1 is 1.00 bits per heavy atom. The second-order valence-corrected chi connectivity index (χ2v) is 8.04. The van der Waals surface area contributed by atoms with Gasteiger partial charge in [0.25, 0.3) is 5.91 Å². The molecule has 1 aliphatic heterocycles. The number of anilines is 1. The molecule has 1 aliphatic rings. The number of carbonyl (C=O) groups is 2. The summed E-state index contributed by atoms with van der Waals surface area (Å²) in [6.45, 7) is 3.71. The fourth-order valence-electron chi connectivity index (χ4n) is 3.23. The second kappa shape index (κ2) is 10.6. The van der Waals surface area contributed by atoms with Crippen molar-refractivity contribution in [2.45, 2.75) is 0 Å². The normalized spacial score (nSPS) is 15.0. The van der Waals surface area contributed by atoms with E-state index in [0.717, 1.165) is 49.1 Å². The Balaban J connectivity index is 1.73. The van der Waals surface area contributed by atoms with Crippen molar-refractivity contribution in [3.05, 3.63) is 76.3 Å². The molecule has 1 amide bonds. The molecule has 0 aliphatic carbocycles. The van der Waals surface area contributed by atoms with E-state index in [1.165, 1.54) is 12.2 Å². The first-order valence-corrected chi connectivity index (χ1v) is 10.5. The first-order valence-electron chi connectivity index (χ1n) is 9.75. The lowest BCUT2D eigenvalue weighted by Crippen LogP contribution is -2.44. The van der Waals surface area contributed by atoms with Crippen LogP contribution in [0, 0.1) is 0 Å². The third kappa shape index (κ3) is 6.67. The number of halogens is 2. The number of benzene rings is 2. The van der Waals surface area contributed by atoms with Gasteiger partial charge in [0.2, 0.25) is 0 Å². The molecule has 0 spiro atoms. The molecule has 162 valence electrons. The van der Waals surface area contributed by atoms with Crippen molar-refractivity contribution in [1.82, 2.24) is 9.48 Å². The van der Waals surface area contributed by atoms with E-state index in [4.69, 9.17) is 28.6 Å². The summed E-state index contributed by atoms with van der Waals surface area (Å²) in [5, 5.41) is 9.41. The van der Waals surface area contributed by atoms with Crippen LogP contribution in [0.2, 0.25) is 5.02 Å². The highest BCUT2D eigenvalue weighted by molar-refractivity contribution is 6.31. The maximum atomic E-state index is 12.8. The van der Waals surface area contributed by atoms with Gasteiger partial charge in [0.1, 0.15) is 0 Å². The molecule has 1 heterocycles. The molecular weight excluding hydrogens is 437 g/mol. The van der Waals surface area contributed by atoms with Crippen LogP contribution >= 0.6 is 23.4 Å². The molecule has 31 heavy (non-hydrogen) atoms. The van der Waals surface area contributed by atoms with E-state index in [-0.39, 0.29) is 10.4 Å². The minimum absolute atomic E-state index is 0.0136. The number of hydroxylamine groups is 1. The molecule has 0 bridgehead atoms. The van der Waals surface area contributed by atoms with Crippen molar-refractivity contribution >= 4 is 52.9 Å². The molecule has 2 aromatic carbocycles. The lowest BCUT2D eigenvalue weighted by molar-refractivity contribution is -0.140. The topological polar surface area (TPSA) is 64.1 Å². The number of piperazine rings is 1. The summed E-state index contributed by atoms with van der Waals surface area (Å²) in [6.07, 6.45) is 5.87. The minimum atomic E-state index is -0.755. The highest BCUT2D eigenvalue weighted by Gasteiger charge is 2.16. The Hall–Kier alpha value is -2.64. The highest BCUT2D eigenvalue weighted by Crippen LogP contribution is 2.24. The SMILES string of the molecule is CN1CCN(c2cc(Cl)cc(C(=O)/C=C/c3cccc(/C=C/C(=O)N(O)Cl)c3)c2)CC1. The average molecular weight is 460 g/mol. The van der Waals surface area contributed by atoms with Crippen molar-refractivity contribution in [3.8, 4) is 0 Å². The van der Waals surface area contributed by atoms with Crippen LogP contribution in [-0.4, -0.2) is 59.6 Å². The number of likely N-dealkylation sites (N-methyl/N-ethyl adjacent to an activating group) is 1. The van der Waals surface area contributed by atoms with Gasteiger partial charge in [-0.15, -0.1) is 4.58 Å². The van der Waals surface area contributed by atoms with Gasteiger partial charge < -0.3 is 9.80 Å². The average Bonchev–Trinajstić information content (AvgIpc) is 2.76. The lowest BCUT2D eigenvalue weighted by atomic mass is 10.1. The highest BCUT2D eigenvalue weighted by atomic mass is 35.5. The molecule has 0 atom stereocenters. The summed E-state index contributed by atoms with van der Waals surface area (Å²) in [7, 11) is 2.09. The maximum absolute atomic E-state index is 12.8. The lowest BCUT2D eigenvalue weighted by Gasteiger charge is -2.34. The van der Waals surface area contributed by atoms with Crippen LogP contribution in [-0.2, 0) is 4.79 Å². The summed E-state index contributed by atoms with van der Waals surface area (Å²) < 4.78 is -0.0136. The van der Waals surface area contributed by atoms with E-state index in [9.17, 15) is 9.59 Å². The van der Waals surface area contributed by atoms with Gasteiger partial charge in [-0.1, -0.05) is 35.9 Å². The fourth-order valence-corrected chi connectivity index (χ4v) is 3.51. The van der Waals surface area contributed by atoms with Crippen molar-refractivity contribution in [2.24, 2.45) is 0 Å². The van der Waals surface area contributed by atoms with E-state index < -0.39 is 5.91 Å². The number of allylic oxidation sites excluding steroid dienone is 1. The molecule has 0 saturated carbocycles. The number of carbonyl (C=O) groups excluding carboxylic acids is 2. The largest absolute Gasteiger partial charge is 0.369 e. The Morgan fingerprint density at radius 2 is 1.65 bits per heavy atom. The molecule has 0 aromatic heterocycles. The zero-order valence-corrected chi connectivity index (χ0v) is 18.6. The van der Waals surface area contributed by atoms with Crippen molar-refractivity contribution in [1.29, 1.82) is 0 Å². The standard InChI is InChI=1S/C23H23Cl2N3O3/c1-26-9-11-27(12-10-26)21-15-19(14-20(24)16-21)22(29)7-5-17-3-2-4-18(13-17)6-8-23(30)28(25)31/h2-8,13-16,31H,9-12H2,1H3/b7-5+,8-6+. The van der Waals surface area contributed by atoms with Crippen molar-refractivity contribution in [2.75, 3.05) is 38.1 Å². The number of rotatable bonds is 6. The van der Waals surface area contributed by atoms with Crippen LogP contribution in [0.5, 0.6) is 0 Å². The Labute approximate surface area is 191 Å². The predicted molar refractivity (Wildman–Crippen MR) is 124 cm³/mol. The van der Waals surface area contributed by atoms with E-state index in [2.05, 4.69) is 16.8 Å². The van der Waals surface area contributed by atoms with E-state index in [1.807, 2.05) is 18.2 Å². The van der Waals surface area contributed by atoms with Gasteiger partial charge in [0.15, 0.2) is 5.78 Å². The first kappa shape index (κ1) is 23.0. The number of hydrogen-bond donors (Lipinski definition) is 1. The molecule has 1 saturated heterocycles. The van der Waals surface area contributed by atoms with Crippen LogP contribution in [0.3, 0.4) is 0 Å². The second-order valence-electron chi connectivity index (χ2n) is 7.29. The third-order valence-electron chi connectivity index (χ3n) is 4.97. The Morgan fingerprint density at radius 3 is 2.29 bits per heavy atom. The molecule has 1 fully saturated rings. The predicted octanol–water partition coefficient (Wildman–Crippen LogP) is 4.37. The molecule has 3 rings (SSSR count). The summed E-state index contributed by atoms with van der Waals surface area (Å²) >= 11 is 11.5. The third-order valence-corrected chi connectivity index (χ3v) is 5.36. The van der Waals surface area contributed by atoms with Crippen LogP contribution in [0.15, 0.2) is 54.6 Å². The summed E-state index contributed by atoms with van der Waals surface area (Å²) in [6, 6.07) is 12.7. The van der Waals surface area contributed by atoms with Gasteiger partial charge in [-0.3, -0.25) is 14.8 Å². The molecule has 0 radical (unpaired) electrons. The van der Waals surface area contributed by atoms with Crippen LogP contribution < -0.4 is 4.90 Å². The number of ketones is 1. The maximum Gasteiger partial charge on any atom is 0.285 e. The zero-order valence-electron chi connectivity index (χ0n) is 17.0. The van der Waals surface area contributed by atoms with E-state index in [0.29, 0.717) is 10.6 Å². The summed E-state index contributed by atoms with van der Waals surface area (Å²) in [4.78, 5) is 28.6. The van der Waals surface area contributed by atoms with Gasteiger partial charge in [0.05, 0.1) is 0 Å². The number of amides is 1. The van der Waals surface area contributed by atoms with E-state index in [1.54, 1.807) is 30.3 Å². The van der Waals surface area contributed by atoms with E-state index >= 15 is 0 Å². The van der Waals surface area contributed by atoms with Crippen molar-refractivity contribution < 1.29 is 14.8 Å². The first-order chi connectivity index (χ1) is 14.8. The monoisotopic (exact) mass is 459 g/mol. The van der Waals surface area contributed by atoms with Gasteiger partial charge >= 0.3 is 0 Å². The Kier molecular flexibility index (Phi) is 7.87. The van der Waals surface area contributed by atoms with Gasteiger partial charge in [-0.25, -0.2) is 0 Å². The number of hydrogen-bond acceptors (Lipinski definition) is 5. The van der Waals surface area contributed by atoms with Crippen molar-refractivity contribution in [3.63, 3.8) is 0 Å². The number of nitrogens with zero attached hydrogens (tertiary/aromatic N) is 3. The quantitative estimate of drug-likeness (QED) is 0.228. The van der Waals surface area contributed by atoms with Gasteiger partial charge in [0, 0.05) is 60.3 Å². The molecule has 8 heteroatoms. The molecular formula is C23H23Cl2N3O3. The minimum Gasteiger partial charge on any atom is -0.369 e. The molecule has 2 aromatic rings. The van der Waals surface area contributed by atoms with Gasteiger partial charge in [-0.05, 0) is 54.6 Å². The summed E-state index contributed by atoms with van der Waals surface area (Å²) in [5.41, 5.74) is 2.99. The smallest absolute Gasteiger partial charge is 0.285 e. The molecule has 1 N–H and O–H groups in total. The van der Waals surface area contributed by atoms with Crippen LogP contribution in [0.1, 0.15) is 21.5 Å². The van der Waals surface area contributed by atoms with Crippen LogP contribution in [0.25, 0.3) is 12.2 Å². The molecule has 6 nitrogen and oxygen atoms in total. The zero-order chi connectivity index (χ0) is 22.4. The Bertz CT molecular complexity index is 1010. The summed E-state index contributed by atoms with van der Waals surface area (Å²) in [5.74, 6) is -0.901. The van der Waals surface area contributed by atoms with Gasteiger partial charge in [-0.2, -0.15) is 0 Å².